The Bertz CT molecular complexity index is 1090. The Balaban J connectivity index is 2.28. The van der Waals surface area contributed by atoms with E-state index >= 15 is 0 Å². The van der Waals surface area contributed by atoms with E-state index in [4.69, 9.17) is 0 Å². The van der Waals surface area contributed by atoms with E-state index in [9.17, 15) is 31.2 Å². The average Bonchev–Trinajstić information content (AvgIpc) is 2.71. The number of carbonyl (C=O) groups is 2. The zero-order valence-corrected chi connectivity index (χ0v) is 18.5. The topological polar surface area (TPSA) is 95.6 Å². The Labute approximate surface area is 184 Å². The van der Waals surface area contributed by atoms with E-state index in [0.29, 0.717) is 16.8 Å². The van der Waals surface area contributed by atoms with Crippen molar-refractivity contribution in [3.8, 4) is 0 Å². The Morgan fingerprint density at radius 1 is 1.09 bits per heavy atom. The van der Waals surface area contributed by atoms with Crippen LogP contribution in [0.3, 0.4) is 0 Å². The molecule has 0 saturated carbocycles. The van der Waals surface area contributed by atoms with Gasteiger partial charge >= 0.3 is 6.18 Å². The first-order chi connectivity index (χ1) is 14.8. The van der Waals surface area contributed by atoms with Crippen LogP contribution in [0.4, 0.5) is 24.5 Å². The number of para-hydroxylation sites is 1. The summed E-state index contributed by atoms with van der Waals surface area (Å²) in [5, 5.41) is 5.24. The number of benzene rings is 2. The minimum Gasteiger partial charge on any atom is -0.350 e. The number of hydrogen-bond donors (Lipinski definition) is 2. The van der Waals surface area contributed by atoms with Crippen molar-refractivity contribution in [2.45, 2.75) is 32.5 Å². The first-order valence-corrected chi connectivity index (χ1v) is 11.5. The zero-order valence-electron chi connectivity index (χ0n) is 17.7. The van der Waals surface area contributed by atoms with E-state index in [0.717, 1.165) is 24.5 Å². The molecule has 0 aromatic heterocycles. The van der Waals surface area contributed by atoms with Crippen LogP contribution in [0.1, 0.15) is 36.2 Å². The molecule has 0 heterocycles. The molecule has 0 bridgehead atoms. The van der Waals surface area contributed by atoms with E-state index in [1.165, 1.54) is 12.1 Å². The van der Waals surface area contributed by atoms with Gasteiger partial charge in [-0.25, -0.2) is 8.42 Å². The Hall–Kier alpha value is -3.08. The largest absolute Gasteiger partial charge is 0.416 e. The standard InChI is InChI=1S/C21H24F3N3O4S/c1-4-14(2)25-20(29)17-10-5-6-11-18(17)26-19(28)13-27(32(3,30)31)16-9-7-8-15(12-16)21(22,23)24/h5-12,14H,4,13H2,1-3H3,(H,25,29)(H,26,28)/t14-/m1/s1. The van der Waals surface area contributed by atoms with Crippen molar-refractivity contribution in [2.75, 3.05) is 22.4 Å². The number of hydrogen-bond acceptors (Lipinski definition) is 4. The molecule has 11 heteroatoms. The number of amides is 2. The predicted molar refractivity (Wildman–Crippen MR) is 116 cm³/mol. The summed E-state index contributed by atoms with van der Waals surface area (Å²) in [6, 6.07) is 9.72. The SMILES string of the molecule is CC[C@@H](C)NC(=O)c1ccccc1NC(=O)CN(c1cccc(C(F)(F)F)c1)S(C)(=O)=O. The normalized spacial score (nSPS) is 12.7. The third-order valence-corrected chi connectivity index (χ3v) is 5.73. The first-order valence-electron chi connectivity index (χ1n) is 9.67. The van der Waals surface area contributed by atoms with E-state index < -0.39 is 40.1 Å². The molecule has 0 spiro atoms. The fourth-order valence-electron chi connectivity index (χ4n) is 2.75. The number of anilines is 2. The molecule has 0 aliphatic rings. The third kappa shape index (κ3) is 6.71. The van der Waals surface area contributed by atoms with Crippen LogP contribution in [0.15, 0.2) is 48.5 Å². The maximum Gasteiger partial charge on any atom is 0.416 e. The van der Waals surface area contributed by atoms with Gasteiger partial charge in [0.2, 0.25) is 15.9 Å². The van der Waals surface area contributed by atoms with Crippen LogP contribution in [-0.2, 0) is 21.0 Å². The summed E-state index contributed by atoms with van der Waals surface area (Å²) in [6.07, 6.45) is -3.20. The van der Waals surface area contributed by atoms with Gasteiger partial charge in [-0.05, 0) is 43.7 Å². The molecule has 2 aromatic rings. The predicted octanol–water partition coefficient (Wildman–Crippen LogP) is 3.64. The minimum atomic E-state index is -4.68. The molecule has 0 fully saturated rings. The highest BCUT2D eigenvalue weighted by molar-refractivity contribution is 7.92. The maximum atomic E-state index is 13.0. The lowest BCUT2D eigenvalue weighted by Gasteiger charge is -2.23. The molecule has 2 aromatic carbocycles. The van der Waals surface area contributed by atoms with Gasteiger partial charge in [0.05, 0.1) is 28.8 Å². The summed E-state index contributed by atoms with van der Waals surface area (Å²) < 4.78 is 64.1. The summed E-state index contributed by atoms with van der Waals surface area (Å²) in [4.78, 5) is 25.1. The Morgan fingerprint density at radius 2 is 1.75 bits per heavy atom. The van der Waals surface area contributed by atoms with E-state index in [2.05, 4.69) is 10.6 Å². The molecule has 0 aliphatic heterocycles. The van der Waals surface area contributed by atoms with Gasteiger partial charge in [-0.3, -0.25) is 13.9 Å². The summed E-state index contributed by atoms with van der Waals surface area (Å²) >= 11 is 0. The Kier molecular flexibility index (Phi) is 7.89. The van der Waals surface area contributed by atoms with Gasteiger partial charge in [-0.15, -0.1) is 0 Å². The molecule has 174 valence electrons. The number of nitrogens with one attached hydrogen (secondary N) is 2. The molecule has 32 heavy (non-hydrogen) atoms. The summed E-state index contributed by atoms with van der Waals surface area (Å²) in [5.41, 5.74) is -1.03. The summed E-state index contributed by atoms with van der Waals surface area (Å²) in [7, 11) is -4.09. The van der Waals surface area contributed by atoms with Crippen LogP contribution >= 0.6 is 0 Å². The second-order valence-corrected chi connectivity index (χ2v) is 9.10. The van der Waals surface area contributed by atoms with Crippen LogP contribution in [0.25, 0.3) is 0 Å². The average molecular weight is 472 g/mol. The van der Waals surface area contributed by atoms with Crippen molar-refractivity contribution < 1.29 is 31.2 Å². The minimum absolute atomic E-state index is 0.104. The van der Waals surface area contributed by atoms with Crippen LogP contribution < -0.4 is 14.9 Å². The van der Waals surface area contributed by atoms with Gasteiger partial charge in [0.1, 0.15) is 6.54 Å². The van der Waals surface area contributed by atoms with Crippen LogP contribution in [-0.4, -0.2) is 39.1 Å². The van der Waals surface area contributed by atoms with Crippen molar-refractivity contribution in [1.29, 1.82) is 0 Å². The fraction of sp³-hybridized carbons (Fsp3) is 0.333. The van der Waals surface area contributed by atoms with Gasteiger partial charge in [0.15, 0.2) is 0 Å². The quantitative estimate of drug-likeness (QED) is 0.615. The summed E-state index contributed by atoms with van der Waals surface area (Å²) in [6.45, 7) is 2.94. The number of sulfonamides is 1. The number of halogens is 3. The highest BCUT2D eigenvalue weighted by Gasteiger charge is 2.32. The smallest absolute Gasteiger partial charge is 0.350 e. The van der Waals surface area contributed by atoms with Gasteiger partial charge in [0.25, 0.3) is 5.91 Å². The lowest BCUT2D eigenvalue weighted by Crippen LogP contribution is -2.38. The molecule has 2 amide bonds. The lowest BCUT2D eigenvalue weighted by atomic mass is 10.1. The van der Waals surface area contributed by atoms with Crippen LogP contribution in [0.5, 0.6) is 0 Å². The maximum absolute atomic E-state index is 13.0. The van der Waals surface area contributed by atoms with Crippen LogP contribution in [0.2, 0.25) is 0 Å². The van der Waals surface area contributed by atoms with Crippen LogP contribution in [0, 0.1) is 0 Å². The van der Waals surface area contributed by atoms with Crippen molar-refractivity contribution in [3.05, 3.63) is 59.7 Å². The number of nitrogens with zero attached hydrogens (tertiary/aromatic N) is 1. The van der Waals surface area contributed by atoms with E-state index in [1.807, 2.05) is 13.8 Å². The summed E-state index contributed by atoms with van der Waals surface area (Å²) in [5.74, 6) is -1.25. The van der Waals surface area contributed by atoms with Crippen molar-refractivity contribution >= 4 is 33.2 Å². The molecule has 2 rings (SSSR count). The van der Waals surface area contributed by atoms with Crippen molar-refractivity contribution in [1.82, 2.24) is 5.32 Å². The zero-order chi connectivity index (χ0) is 24.1. The van der Waals surface area contributed by atoms with Crippen molar-refractivity contribution in [2.24, 2.45) is 0 Å². The van der Waals surface area contributed by atoms with E-state index in [1.54, 1.807) is 12.1 Å². The highest BCUT2D eigenvalue weighted by Crippen LogP contribution is 2.32. The Morgan fingerprint density at radius 3 is 2.34 bits per heavy atom. The van der Waals surface area contributed by atoms with Gasteiger partial charge < -0.3 is 10.6 Å². The molecule has 1 atom stereocenters. The van der Waals surface area contributed by atoms with E-state index in [-0.39, 0.29) is 23.0 Å². The molecule has 7 nitrogen and oxygen atoms in total. The third-order valence-electron chi connectivity index (χ3n) is 4.58. The van der Waals surface area contributed by atoms with Gasteiger partial charge in [-0.2, -0.15) is 13.2 Å². The fourth-order valence-corrected chi connectivity index (χ4v) is 3.60. The second-order valence-electron chi connectivity index (χ2n) is 7.19. The number of rotatable bonds is 8. The molecular formula is C21H24F3N3O4S. The highest BCUT2D eigenvalue weighted by atomic mass is 32.2. The molecule has 0 unspecified atom stereocenters. The molecule has 0 radical (unpaired) electrons. The number of carbonyl (C=O) groups excluding carboxylic acids is 2. The first kappa shape index (κ1) is 25.2. The molecular weight excluding hydrogens is 447 g/mol. The second kappa shape index (κ2) is 10.0. The monoisotopic (exact) mass is 471 g/mol. The van der Waals surface area contributed by atoms with Crippen molar-refractivity contribution in [3.63, 3.8) is 0 Å². The molecule has 2 N–H and O–H groups in total. The van der Waals surface area contributed by atoms with Gasteiger partial charge in [0, 0.05) is 6.04 Å². The lowest BCUT2D eigenvalue weighted by molar-refractivity contribution is -0.137. The molecule has 0 aliphatic carbocycles. The number of alkyl halides is 3. The van der Waals surface area contributed by atoms with Gasteiger partial charge in [-0.1, -0.05) is 25.1 Å². The molecule has 0 saturated heterocycles.